The van der Waals surface area contributed by atoms with E-state index in [-0.39, 0.29) is 24.1 Å². The van der Waals surface area contributed by atoms with E-state index in [0.717, 1.165) is 32.1 Å². The number of hydrogen-bond acceptors (Lipinski definition) is 5. The van der Waals surface area contributed by atoms with Gasteiger partial charge >= 0.3 is 5.97 Å². The normalized spacial score (nSPS) is 38.1. The van der Waals surface area contributed by atoms with Crippen LogP contribution in [0.3, 0.4) is 0 Å². The summed E-state index contributed by atoms with van der Waals surface area (Å²) in [6.45, 7) is 8.64. The van der Waals surface area contributed by atoms with Crippen molar-refractivity contribution in [3.05, 3.63) is 0 Å². The average Bonchev–Trinajstić information content (AvgIpc) is 3.34. The molecule has 0 unspecified atom stereocenters. The van der Waals surface area contributed by atoms with Crippen LogP contribution in [0.2, 0.25) is 0 Å². The maximum Gasteiger partial charge on any atom is 0.308 e. The van der Waals surface area contributed by atoms with Gasteiger partial charge in [-0.1, -0.05) is 33.6 Å². The summed E-state index contributed by atoms with van der Waals surface area (Å²) < 4.78 is 10.5. The first kappa shape index (κ1) is 18.7. The van der Waals surface area contributed by atoms with Crippen LogP contribution in [0.25, 0.3) is 0 Å². The molecule has 0 radical (unpaired) electrons. The average molecular weight is 328 g/mol. The number of ether oxygens (including phenoxy) is 2. The van der Waals surface area contributed by atoms with E-state index in [1.165, 1.54) is 7.11 Å². The number of carbonyl (C=O) groups excluding carboxylic acids is 1. The summed E-state index contributed by atoms with van der Waals surface area (Å²) in [5.74, 6) is 0.569. The molecular formula is C18H32O5. The number of rotatable bonds is 8. The quantitative estimate of drug-likeness (QED) is 0.387. The molecule has 2 saturated heterocycles. The van der Waals surface area contributed by atoms with Crippen molar-refractivity contribution in [3.8, 4) is 0 Å². The Morgan fingerprint density at radius 2 is 2.00 bits per heavy atom. The minimum atomic E-state index is -0.307. The molecule has 0 aromatic carbocycles. The molecule has 2 fully saturated rings. The van der Waals surface area contributed by atoms with Crippen LogP contribution in [0.15, 0.2) is 0 Å². The largest absolute Gasteiger partial charge is 0.469 e. The second-order valence-electron chi connectivity index (χ2n) is 7.24. The second kappa shape index (κ2) is 7.95. The molecule has 0 N–H and O–H groups in total. The Labute approximate surface area is 139 Å². The fourth-order valence-corrected chi connectivity index (χ4v) is 3.90. The van der Waals surface area contributed by atoms with Gasteiger partial charge in [-0.2, -0.15) is 0 Å². The van der Waals surface area contributed by atoms with Crippen LogP contribution in [0.4, 0.5) is 0 Å². The molecule has 0 amide bonds. The summed E-state index contributed by atoms with van der Waals surface area (Å²) in [7, 11) is 1.41. The van der Waals surface area contributed by atoms with E-state index in [9.17, 15) is 4.79 Å². The molecule has 6 atom stereocenters. The lowest BCUT2D eigenvalue weighted by molar-refractivity contribution is -0.419. The van der Waals surface area contributed by atoms with E-state index >= 15 is 0 Å². The van der Waals surface area contributed by atoms with Crippen molar-refractivity contribution in [3.63, 3.8) is 0 Å². The molecule has 0 spiro atoms. The third-order valence-electron chi connectivity index (χ3n) is 5.42. The van der Waals surface area contributed by atoms with Crippen molar-refractivity contribution in [1.29, 1.82) is 0 Å². The number of epoxide rings is 1. The van der Waals surface area contributed by atoms with Crippen LogP contribution < -0.4 is 0 Å². The molecule has 5 heteroatoms. The zero-order chi connectivity index (χ0) is 17.0. The minimum Gasteiger partial charge on any atom is -0.469 e. The van der Waals surface area contributed by atoms with Gasteiger partial charge in [0.25, 0.3) is 0 Å². The number of carbonyl (C=O) groups is 1. The maximum absolute atomic E-state index is 11.5. The van der Waals surface area contributed by atoms with Crippen molar-refractivity contribution in [2.45, 2.75) is 90.1 Å². The summed E-state index contributed by atoms with van der Waals surface area (Å²) in [6.07, 6.45) is 5.82. The summed E-state index contributed by atoms with van der Waals surface area (Å²) in [5.41, 5.74) is -0.307. The first-order chi connectivity index (χ1) is 11.0. The monoisotopic (exact) mass is 328 g/mol. The summed E-state index contributed by atoms with van der Waals surface area (Å²) in [4.78, 5) is 22.9. The third-order valence-corrected chi connectivity index (χ3v) is 5.42. The van der Waals surface area contributed by atoms with Gasteiger partial charge in [0.15, 0.2) is 0 Å². The van der Waals surface area contributed by atoms with E-state index in [0.29, 0.717) is 24.0 Å². The predicted molar refractivity (Wildman–Crippen MR) is 86.7 cm³/mol. The maximum atomic E-state index is 11.5. The number of esters is 1. The van der Waals surface area contributed by atoms with Crippen LogP contribution in [0.1, 0.15) is 66.2 Å². The molecule has 2 rings (SSSR count). The van der Waals surface area contributed by atoms with Crippen molar-refractivity contribution >= 4 is 5.97 Å². The fraction of sp³-hybridized carbons (Fsp3) is 0.944. The Balaban J connectivity index is 1.93. The fourth-order valence-electron chi connectivity index (χ4n) is 3.90. The molecule has 2 aliphatic heterocycles. The zero-order valence-electron chi connectivity index (χ0n) is 15.2. The Hall–Kier alpha value is -0.650. The molecule has 0 bridgehead atoms. The van der Waals surface area contributed by atoms with Crippen LogP contribution in [-0.2, 0) is 24.0 Å². The lowest BCUT2D eigenvalue weighted by atomic mass is 9.78. The highest BCUT2D eigenvalue weighted by molar-refractivity contribution is 5.69. The van der Waals surface area contributed by atoms with Crippen LogP contribution in [0, 0.1) is 11.8 Å². The molecule has 2 aliphatic rings. The molecule has 0 aliphatic carbocycles. The lowest BCUT2D eigenvalue weighted by Gasteiger charge is -2.42. The zero-order valence-corrected chi connectivity index (χ0v) is 15.2. The standard InChI is InChI=1S/C18H32O5/c1-6-12-10-18(4,23-22-15(12)9-16(19)20-5)11-13(7-2)17-14(8-3)21-17/h12-15,17H,6-11H2,1-5H3/t12-,13-,14+,15-,17+,18-/m1/s1. The molecule has 0 aromatic rings. The van der Waals surface area contributed by atoms with Crippen molar-refractivity contribution in [2.75, 3.05) is 7.11 Å². The Kier molecular flexibility index (Phi) is 6.46. The van der Waals surface area contributed by atoms with Gasteiger partial charge in [0.05, 0.1) is 25.7 Å². The molecule has 0 saturated carbocycles. The molecule has 23 heavy (non-hydrogen) atoms. The topological polar surface area (TPSA) is 57.3 Å². The number of methoxy groups -OCH3 is 1. The Morgan fingerprint density at radius 3 is 2.52 bits per heavy atom. The Bertz CT molecular complexity index is 399. The van der Waals surface area contributed by atoms with Gasteiger partial charge in [0.1, 0.15) is 11.7 Å². The van der Waals surface area contributed by atoms with E-state index < -0.39 is 0 Å². The third kappa shape index (κ3) is 4.68. The molecular weight excluding hydrogens is 296 g/mol. The summed E-state index contributed by atoms with van der Waals surface area (Å²) in [6, 6.07) is 0. The SMILES string of the molecule is CC[C@H](C[C@@]1(C)C[C@@H](CC)[C@@H](CC(=O)OC)OO1)[C@@H]1O[C@H]1CC. The van der Waals surface area contributed by atoms with Crippen LogP contribution in [-0.4, -0.2) is 37.0 Å². The van der Waals surface area contributed by atoms with Gasteiger partial charge in [-0.25, -0.2) is 9.78 Å². The summed E-state index contributed by atoms with van der Waals surface area (Å²) in [5, 5.41) is 0. The van der Waals surface area contributed by atoms with E-state index in [4.69, 9.17) is 19.2 Å². The lowest BCUT2D eigenvalue weighted by Crippen LogP contribution is -2.45. The van der Waals surface area contributed by atoms with E-state index in [1.807, 2.05) is 0 Å². The highest BCUT2D eigenvalue weighted by Gasteiger charge is 2.48. The van der Waals surface area contributed by atoms with Crippen LogP contribution >= 0.6 is 0 Å². The van der Waals surface area contributed by atoms with E-state index in [2.05, 4.69) is 27.7 Å². The predicted octanol–water partition coefficient (Wildman–Crippen LogP) is 3.65. The van der Waals surface area contributed by atoms with Gasteiger partial charge in [0.2, 0.25) is 0 Å². The van der Waals surface area contributed by atoms with Gasteiger partial charge in [0, 0.05) is 0 Å². The van der Waals surface area contributed by atoms with Crippen molar-refractivity contribution in [2.24, 2.45) is 11.8 Å². The number of hydrogen-bond donors (Lipinski definition) is 0. The highest BCUT2D eigenvalue weighted by atomic mass is 17.2. The first-order valence-corrected chi connectivity index (χ1v) is 9.03. The minimum absolute atomic E-state index is 0.207. The first-order valence-electron chi connectivity index (χ1n) is 9.03. The smallest absolute Gasteiger partial charge is 0.308 e. The summed E-state index contributed by atoms with van der Waals surface area (Å²) >= 11 is 0. The van der Waals surface area contributed by atoms with Crippen LogP contribution in [0.5, 0.6) is 0 Å². The molecule has 2 heterocycles. The Morgan fingerprint density at radius 1 is 1.26 bits per heavy atom. The van der Waals surface area contributed by atoms with Gasteiger partial charge in [-0.3, -0.25) is 4.79 Å². The molecule has 0 aromatic heterocycles. The van der Waals surface area contributed by atoms with Gasteiger partial charge < -0.3 is 9.47 Å². The highest BCUT2D eigenvalue weighted by Crippen LogP contribution is 2.43. The molecule has 134 valence electrons. The van der Waals surface area contributed by atoms with Gasteiger partial charge in [-0.15, -0.1) is 0 Å². The van der Waals surface area contributed by atoms with Crippen molar-refractivity contribution in [1.82, 2.24) is 0 Å². The van der Waals surface area contributed by atoms with E-state index in [1.54, 1.807) is 0 Å². The molecule has 5 nitrogen and oxygen atoms in total. The van der Waals surface area contributed by atoms with Crippen molar-refractivity contribution < 1.29 is 24.0 Å². The second-order valence-corrected chi connectivity index (χ2v) is 7.24. The van der Waals surface area contributed by atoms with Gasteiger partial charge in [-0.05, 0) is 38.0 Å².